The molecule has 4 heterocycles. The number of aryl methyl sites for hydroxylation is 1. The van der Waals surface area contributed by atoms with Crippen molar-refractivity contribution in [1.82, 2.24) is 14.9 Å². The maximum Gasteiger partial charge on any atom is 0.231 e. The second kappa shape index (κ2) is 8.39. The molecule has 0 amide bonds. The smallest absolute Gasteiger partial charge is 0.231 e. The molecule has 2 aromatic carbocycles. The molecule has 35 heavy (non-hydrogen) atoms. The van der Waals surface area contributed by atoms with Crippen LogP contribution in [-0.2, 0) is 0 Å². The van der Waals surface area contributed by atoms with E-state index < -0.39 is 0 Å². The molecule has 6 nitrogen and oxygen atoms in total. The second-order valence-electron chi connectivity index (χ2n) is 8.65. The number of aromatic nitrogens is 2. The van der Waals surface area contributed by atoms with Crippen molar-refractivity contribution in [2.24, 2.45) is 0 Å². The van der Waals surface area contributed by atoms with E-state index in [4.69, 9.17) is 21.7 Å². The van der Waals surface area contributed by atoms with E-state index in [0.717, 1.165) is 28.3 Å². The van der Waals surface area contributed by atoms with Gasteiger partial charge in [0.2, 0.25) is 6.79 Å². The van der Waals surface area contributed by atoms with Crippen LogP contribution in [0.5, 0.6) is 11.5 Å². The average molecular weight is 487 g/mol. The number of rotatable bonds is 4. The van der Waals surface area contributed by atoms with Crippen LogP contribution >= 0.6 is 12.2 Å². The molecule has 0 aliphatic carbocycles. The van der Waals surface area contributed by atoms with Gasteiger partial charge in [0.05, 0.1) is 23.5 Å². The van der Waals surface area contributed by atoms with Gasteiger partial charge in [-0.2, -0.15) is 0 Å². The third kappa shape index (κ3) is 3.52. The highest BCUT2D eigenvalue weighted by Crippen LogP contribution is 2.46. The number of para-hydroxylation sites is 1. The normalized spacial score (nSPS) is 18.7. The number of hydrogen-bond acceptors (Lipinski definition) is 4. The van der Waals surface area contributed by atoms with Gasteiger partial charge in [0, 0.05) is 29.3 Å². The van der Waals surface area contributed by atoms with Crippen molar-refractivity contribution < 1.29 is 13.9 Å². The van der Waals surface area contributed by atoms with Crippen LogP contribution in [0.3, 0.4) is 0 Å². The van der Waals surface area contributed by atoms with E-state index in [2.05, 4.69) is 21.3 Å². The average Bonchev–Trinajstić information content (AvgIpc) is 3.55. The molecule has 0 bridgehead atoms. The first-order valence-electron chi connectivity index (χ1n) is 11.4. The number of nitrogens with one attached hydrogen (secondary N) is 1. The van der Waals surface area contributed by atoms with Gasteiger partial charge in [0.15, 0.2) is 16.6 Å². The van der Waals surface area contributed by atoms with Gasteiger partial charge in [-0.3, -0.25) is 4.98 Å². The highest BCUT2D eigenvalue weighted by atomic mass is 32.1. The Hall–Kier alpha value is -3.91. The van der Waals surface area contributed by atoms with Crippen LogP contribution in [0.25, 0.3) is 5.69 Å². The van der Waals surface area contributed by atoms with Crippen molar-refractivity contribution in [2.45, 2.75) is 25.9 Å². The minimum absolute atomic E-state index is 0.200. The Labute approximate surface area is 207 Å². The minimum atomic E-state index is -0.269. The summed E-state index contributed by atoms with van der Waals surface area (Å²) in [5.74, 6) is 1.12. The summed E-state index contributed by atoms with van der Waals surface area (Å²) in [6, 6.07) is 20.2. The molecule has 0 unspecified atom stereocenters. The molecular formula is C27H23FN4O2S. The Balaban J connectivity index is 1.52. The number of pyridine rings is 1. The van der Waals surface area contributed by atoms with Gasteiger partial charge in [-0.1, -0.05) is 18.2 Å². The third-order valence-corrected chi connectivity index (χ3v) is 6.93. The van der Waals surface area contributed by atoms with Crippen molar-refractivity contribution in [1.29, 1.82) is 0 Å². The lowest BCUT2D eigenvalue weighted by Crippen LogP contribution is -2.29. The number of halogens is 1. The van der Waals surface area contributed by atoms with Gasteiger partial charge in [-0.15, -0.1) is 0 Å². The Morgan fingerprint density at radius 1 is 1.00 bits per heavy atom. The standard InChI is InChI=1S/C27H23FN4O2S/c1-16-13-19(17(2)31(16)22-9-4-3-7-20(22)28)26-25(21-8-5-6-12-29-21)30-27(35)32(26)18-10-11-23-24(14-18)34-15-33-23/h3-14,25-26H,15H2,1-2H3,(H,30,35)/t25-,26+/m0/s1. The summed E-state index contributed by atoms with van der Waals surface area (Å²) in [5, 5.41) is 4.07. The zero-order valence-corrected chi connectivity index (χ0v) is 20.1. The SMILES string of the molecule is Cc1cc([C@@H]2[C@H](c3ccccn3)NC(=S)N2c2ccc3c(c2)OCO3)c(C)n1-c1ccccc1F. The van der Waals surface area contributed by atoms with Crippen molar-refractivity contribution in [3.05, 3.63) is 101 Å². The maximum atomic E-state index is 14.8. The molecule has 0 saturated carbocycles. The van der Waals surface area contributed by atoms with E-state index in [1.165, 1.54) is 6.07 Å². The molecule has 2 aromatic heterocycles. The Kier molecular flexibility index (Phi) is 5.18. The summed E-state index contributed by atoms with van der Waals surface area (Å²) < 4.78 is 27.9. The minimum Gasteiger partial charge on any atom is -0.454 e. The molecule has 2 atom stereocenters. The van der Waals surface area contributed by atoms with E-state index in [9.17, 15) is 4.39 Å². The zero-order valence-electron chi connectivity index (χ0n) is 19.2. The van der Waals surface area contributed by atoms with Gasteiger partial charge in [0.25, 0.3) is 0 Å². The number of benzene rings is 2. The Morgan fingerprint density at radius 3 is 2.60 bits per heavy atom. The molecular weight excluding hydrogens is 463 g/mol. The number of nitrogens with zero attached hydrogens (tertiary/aromatic N) is 3. The van der Waals surface area contributed by atoms with Crippen LogP contribution in [0.15, 0.2) is 72.9 Å². The first kappa shape index (κ1) is 21.6. The monoisotopic (exact) mass is 486 g/mol. The van der Waals surface area contributed by atoms with Crippen LogP contribution in [0.2, 0.25) is 0 Å². The first-order valence-corrected chi connectivity index (χ1v) is 11.8. The van der Waals surface area contributed by atoms with Crippen LogP contribution in [0.4, 0.5) is 10.1 Å². The van der Waals surface area contributed by atoms with Gasteiger partial charge < -0.3 is 24.3 Å². The highest BCUT2D eigenvalue weighted by molar-refractivity contribution is 7.80. The quantitative estimate of drug-likeness (QED) is 0.383. The van der Waals surface area contributed by atoms with Crippen molar-refractivity contribution in [3.8, 4) is 17.2 Å². The molecule has 6 rings (SSSR count). The summed E-state index contributed by atoms with van der Waals surface area (Å²) in [6.45, 7) is 4.21. The number of ether oxygens (including phenoxy) is 2. The summed E-state index contributed by atoms with van der Waals surface area (Å²) in [6.07, 6.45) is 1.78. The molecule has 1 N–H and O–H groups in total. The van der Waals surface area contributed by atoms with Gasteiger partial charge in [-0.25, -0.2) is 4.39 Å². The highest BCUT2D eigenvalue weighted by Gasteiger charge is 2.42. The number of thiocarbonyl (C=S) groups is 1. The summed E-state index contributed by atoms with van der Waals surface area (Å²) in [4.78, 5) is 6.72. The van der Waals surface area contributed by atoms with E-state index in [0.29, 0.717) is 22.3 Å². The predicted molar refractivity (Wildman–Crippen MR) is 136 cm³/mol. The van der Waals surface area contributed by atoms with Crippen molar-refractivity contribution in [2.75, 3.05) is 11.7 Å². The summed E-state index contributed by atoms with van der Waals surface area (Å²) in [5.41, 5.74) is 5.18. The van der Waals surface area contributed by atoms with E-state index in [1.807, 2.05) is 60.9 Å². The van der Waals surface area contributed by atoms with Crippen LogP contribution in [0.1, 0.15) is 34.7 Å². The summed E-state index contributed by atoms with van der Waals surface area (Å²) in [7, 11) is 0. The fraction of sp³-hybridized carbons (Fsp3) is 0.185. The molecule has 2 aliphatic heterocycles. The molecule has 0 spiro atoms. The number of anilines is 1. The van der Waals surface area contributed by atoms with Crippen molar-refractivity contribution >= 4 is 23.0 Å². The third-order valence-electron chi connectivity index (χ3n) is 6.61. The van der Waals surface area contributed by atoms with Crippen LogP contribution < -0.4 is 19.7 Å². The van der Waals surface area contributed by atoms with E-state index in [-0.39, 0.29) is 24.7 Å². The van der Waals surface area contributed by atoms with Gasteiger partial charge >= 0.3 is 0 Å². The lowest BCUT2D eigenvalue weighted by molar-refractivity contribution is 0.174. The summed E-state index contributed by atoms with van der Waals surface area (Å²) >= 11 is 5.85. The topological polar surface area (TPSA) is 51.6 Å². The molecule has 4 aromatic rings. The maximum absolute atomic E-state index is 14.8. The van der Waals surface area contributed by atoms with Gasteiger partial charge in [0.1, 0.15) is 5.82 Å². The number of hydrogen-bond donors (Lipinski definition) is 1. The van der Waals surface area contributed by atoms with Gasteiger partial charge in [-0.05, 0) is 74.1 Å². The molecule has 1 saturated heterocycles. The fourth-order valence-electron chi connectivity index (χ4n) is 5.07. The largest absolute Gasteiger partial charge is 0.454 e. The van der Waals surface area contributed by atoms with Crippen LogP contribution in [0, 0.1) is 19.7 Å². The van der Waals surface area contributed by atoms with Crippen molar-refractivity contribution in [3.63, 3.8) is 0 Å². The lowest BCUT2D eigenvalue weighted by atomic mass is 9.96. The van der Waals surface area contributed by atoms with E-state index >= 15 is 0 Å². The number of fused-ring (bicyclic) bond motifs is 1. The predicted octanol–water partition coefficient (Wildman–Crippen LogP) is 5.53. The lowest BCUT2D eigenvalue weighted by Gasteiger charge is -2.28. The van der Waals surface area contributed by atoms with E-state index in [1.54, 1.807) is 18.3 Å². The fourth-order valence-corrected chi connectivity index (χ4v) is 5.42. The Morgan fingerprint density at radius 2 is 1.80 bits per heavy atom. The molecule has 1 fully saturated rings. The second-order valence-corrected chi connectivity index (χ2v) is 9.03. The first-order chi connectivity index (χ1) is 17.0. The zero-order chi connectivity index (χ0) is 24.1. The molecule has 176 valence electrons. The molecule has 8 heteroatoms. The van der Waals surface area contributed by atoms with Crippen LogP contribution in [-0.4, -0.2) is 21.5 Å². The molecule has 0 radical (unpaired) electrons. The Bertz CT molecular complexity index is 1440. The molecule has 2 aliphatic rings.